The van der Waals surface area contributed by atoms with Crippen LogP contribution in [0.5, 0.6) is 5.88 Å². The zero-order valence-corrected chi connectivity index (χ0v) is 22.4. The number of hydrogen-bond acceptors (Lipinski definition) is 5. The monoisotopic (exact) mass is 664 g/mol. The average molecular weight is 665 g/mol. The van der Waals surface area contributed by atoms with Crippen molar-refractivity contribution in [2.45, 2.75) is 48.7 Å². The lowest BCUT2D eigenvalue weighted by Crippen LogP contribution is -2.59. The fraction of sp³-hybridized carbons (Fsp3) is 0.417. The number of nitrogens with one attached hydrogen (secondary N) is 1. The zero-order chi connectivity index (χ0) is 33.0. The second-order valence-corrected chi connectivity index (χ2v) is 10.0. The molecule has 1 saturated carbocycles. The van der Waals surface area contributed by atoms with E-state index in [2.05, 4.69) is 20.3 Å². The van der Waals surface area contributed by atoms with Gasteiger partial charge in [-0.3, -0.25) is 4.79 Å². The Morgan fingerprint density at radius 1 is 1.14 bits per heavy atom. The number of nitrogens with zero attached hydrogens (tertiary/aromatic N) is 5. The Bertz CT molecular complexity index is 1620. The van der Waals surface area contributed by atoms with Crippen LogP contribution < -0.4 is 10.1 Å². The third kappa shape index (κ3) is 5.74. The van der Waals surface area contributed by atoms with E-state index in [-0.39, 0.29) is 21.7 Å². The fourth-order valence-corrected chi connectivity index (χ4v) is 4.08. The van der Waals surface area contributed by atoms with E-state index in [1.54, 1.807) is 0 Å². The van der Waals surface area contributed by atoms with Crippen LogP contribution in [0.15, 0.2) is 30.6 Å². The smallest absolute Gasteiger partial charge is 0.425 e. The van der Waals surface area contributed by atoms with Gasteiger partial charge in [0.15, 0.2) is 18.0 Å². The molecule has 20 heteroatoms. The van der Waals surface area contributed by atoms with E-state index in [1.807, 2.05) is 6.07 Å². The first-order chi connectivity index (χ1) is 20.2. The molecule has 0 saturated heterocycles. The van der Waals surface area contributed by atoms with Gasteiger partial charge in [0.25, 0.3) is 5.91 Å². The van der Waals surface area contributed by atoms with Crippen molar-refractivity contribution >= 4 is 17.5 Å². The molecule has 1 aliphatic carbocycles. The molecule has 1 N–H and O–H groups in total. The Hall–Kier alpha value is -4.08. The van der Waals surface area contributed by atoms with Crippen LogP contribution in [0.25, 0.3) is 16.9 Å². The summed E-state index contributed by atoms with van der Waals surface area (Å²) in [6.07, 6.45) is -7.88. The van der Waals surface area contributed by atoms with Crippen molar-refractivity contribution in [3.05, 3.63) is 46.7 Å². The number of amides is 1. The van der Waals surface area contributed by atoms with E-state index < -0.39 is 65.7 Å². The van der Waals surface area contributed by atoms with E-state index in [4.69, 9.17) is 11.6 Å². The number of halogens is 12. The standard InChI is InChI=1S/C24H16ClF11N6O2/c1-41-18(15(23(32,33)34)17(40-41)44-10-21(28,29)24(35,36)22(30,31)19(26)27)42-8-12(7-38-42)11-2-3-14(25)13(6-11)16(43)39-20(9-37)4-5-20/h2-3,6-8,19H,4-5,10H2,1H3,(H,39,43). The zero-order valence-electron chi connectivity index (χ0n) is 21.7. The summed E-state index contributed by atoms with van der Waals surface area (Å²) < 4.78 is 153. The number of aryl methyl sites for hydroxylation is 1. The van der Waals surface area contributed by atoms with Crippen molar-refractivity contribution in [1.29, 1.82) is 5.26 Å². The quantitative estimate of drug-likeness (QED) is 0.258. The Morgan fingerprint density at radius 3 is 2.32 bits per heavy atom. The van der Waals surface area contributed by atoms with Crippen molar-refractivity contribution in [3.8, 4) is 28.9 Å². The maximum absolute atomic E-state index is 14.0. The number of aromatic nitrogens is 4. The van der Waals surface area contributed by atoms with Gasteiger partial charge >= 0.3 is 30.4 Å². The minimum atomic E-state index is -6.72. The highest BCUT2D eigenvalue weighted by molar-refractivity contribution is 6.34. The van der Waals surface area contributed by atoms with Crippen LogP contribution in [-0.4, -0.2) is 61.8 Å². The van der Waals surface area contributed by atoms with Crippen molar-refractivity contribution in [2.24, 2.45) is 7.05 Å². The highest BCUT2D eigenvalue weighted by Crippen LogP contribution is 2.49. The van der Waals surface area contributed by atoms with Crippen molar-refractivity contribution in [1.82, 2.24) is 24.9 Å². The van der Waals surface area contributed by atoms with Crippen molar-refractivity contribution in [3.63, 3.8) is 0 Å². The average Bonchev–Trinajstić information content (AvgIpc) is 3.36. The number of carbonyl (C=O) groups excluding carboxylic acids is 1. The van der Waals surface area contributed by atoms with Gasteiger partial charge in [-0.25, -0.2) is 18.1 Å². The van der Waals surface area contributed by atoms with Gasteiger partial charge in [0.1, 0.15) is 5.54 Å². The molecule has 4 rings (SSSR count). The van der Waals surface area contributed by atoms with Gasteiger partial charge in [0, 0.05) is 18.8 Å². The minimum Gasteiger partial charge on any atom is -0.469 e. The summed E-state index contributed by atoms with van der Waals surface area (Å²) in [6.45, 7) is -2.88. The largest absolute Gasteiger partial charge is 0.469 e. The first-order valence-corrected chi connectivity index (χ1v) is 12.3. The van der Waals surface area contributed by atoms with E-state index in [0.29, 0.717) is 22.2 Å². The number of alkyl halides is 11. The highest BCUT2D eigenvalue weighted by Gasteiger charge is 2.75. The van der Waals surface area contributed by atoms with E-state index in [9.17, 15) is 58.4 Å². The Balaban J connectivity index is 1.66. The molecule has 2 aromatic heterocycles. The van der Waals surface area contributed by atoms with Gasteiger partial charge in [-0.2, -0.15) is 49.9 Å². The molecule has 3 aromatic rings. The summed E-state index contributed by atoms with van der Waals surface area (Å²) in [6, 6.07) is 5.88. The first kappa shape index (κ1) is 32.8. The molecule has 0 bridgehead atoms. The maximum Gasteiger partial charge on any atom is 0.425 e. The van der Waals surface area contributed by atoms with Gasteiger partial charge in [0.2, 0.25) is 5.88 Å². The van der Waals surface area contributed by atoms with E-state index in [1.165, 1.54) is 18.2 Å². The molecule has 0 radical (unpaired) electrons. The highest BCUT2D eigenvalue weighted by atomic mass is 35.5. The van der Waals surface area contributed by atoms with Crippen LogP contribution in [0, 0.1) is 11.3 Å². The number of hydrogen-bond donors (Lipinski definition) is 1. The lowest BCUT2D eigenvalue weighted by Gasteiger charge is -2.31. The molecule has 1 amide bonds. The Labute approximate surface area is 243 Å². The topological polar surface area (TPSA) is 97.8 Å². The van der Waals surface area contributed by atoms with Crippen LogP contribution in [0.2, 0.25) is 5.02 Å². The third-order valence-corrected chi connectivity index (χ3v) is 6.80. The van der Waals surface area contributed by atoms with Crippen LogP contribution in [0.1, 0.15) is 28.8 Å². The molecule has 44 heavy (non-hydrogen) atoms. The third-order valence-electron chi connectivity index (χ3n) is 6.47. The number of carbonyl (C=O) groups is 1. The molecule has 0 aliphatic heterocycles. The molecule has 238 valence electrons. The summed E-state index contributed by atoms with van der Waals surface area (Å²) in [5, 5.41) is 18.7. The number of nitriles is 1. The minimum absolute atomic E-state index is 0.0196. The van der Waals surface area contributed by atoms with Gasteiger partial charge in [-0.15, -0.1) is 5.10 Å². The predicted octanol–water partition coefficient (Wildman–Crippen LogP) is 6.28. The van der Waals surface area contributed by atoms with Crippen LogP contribution >= 0.6 is 11.6 Å². The summed E-state index contributed by atoms with van der Waals surface area (Å²) in [5.41, 5.74) is -2.80. The molecular formula is C24H16ClF11N6O2. The van der Waals surface area contributed by atoms with Gasteiger partial charge < -0.3 is 10.1 Å². The molecule has 8 nitrogen and oxygen atoms in total. The normalized spacial score (nSPS) is 15.3. The maximum atomic E-state index is 14.0. The fourth-order valence-electron chi connectivity index (χ4n) is 3.87. The Kier molecular flexibility index (Phi) is 8.07. The summed E-state index contributed by atoms with van der Waals surface area (Å²) >= 11 is 6.10. The van der Waals surface area contributed by atoms with Crippen LogP contribution in [-0.2, 0) is 13.2 Å². The SMILES string of the molecule is Cn1nc(OCC(F)(F)C(F)(F)C(F)(F)C(F)F)c(C(F)(F)F)c1-n1cc(-c2ccc(Cl)c(C(=O)NC3(C#N)CC3)c2)cn1. The summed E-state index contributed by atoms with van der Waals surface area (Å²) in [4.78, 5) is 12.7. The van der Waals surface area contributed by atoms with Gasteiger partial charge in [0.05, 0.1) is 22.9 Å². The second-order valence-electron chi connectivity index (χ2n) is 9.63. The Morgan fingerprint density at radius 2 is 1.77 bits per heavy atom. The molecule has 0 spiro atoms. The second kappa shape index (κ2) is 10.8. The van der Waals surface area contributed by atoms with Crippen LogP contribution in [0.4, 0.5) is 48.3 Å². The molecule has 1 aliphatic rings. The number of ether oxygens (including phenoxy) is 1. The molecule has 0 unspecified atom stereocenters. The molecule has 1 fully saturated rings. The lowest BCUT2D eigenvalue weighted by molar-refractivity contribution is -0.342. The molecule has 2 heterocycles. The first-order valence-electron chi connectivity index (χ1n) is 11.9. The lowest BCUT2D eigenvalue weighted by atomic mass is 10.1. The summed E-state index contributed by atoms with van der Waals surface area (Å²) in [5.74, 6) is -22.8. The van der Waals surface area contributed by atoms with Gasteiger partial charge in [-0.05, 0) is 30.5 Å². The predicted molar refractivity (Wildman–Crippen MR) is 127 cm³/mol. The molecule has 0 atom stereocenters. The number of rotatable bonds is 10. The number of benzene rings is 1. The van der Waals surface area contributed by atoms with Crippen LogP contribution in [0.3, 0.4) is 0 Å². The van der Waals surface area contributed by atoms with Crippen molar-refractivity contribution < 1.29 is 57.8 Å². The van der Waals surface area contributed by atoms with E-state index >= 15 is 0 Å². The van der Waals surface area contributed by atoms with Gasteiger partial charge in [-0.1, -0.05) is 17.7 Å². The van der Waals surface area contributed by atoms with E-state index in [0.717, 1.165) is 19.4 Å². The molecule has 1 aromatic carbocycles. The van der Waals surface area contributed by atoms with Crippen molar-refractivity contribution in [2.75, 3.05) is 6.61 Å². The summed E-state index contributed by atoms with van der Waals surface area (Å²) in [7, 11) is 0.851. The molecular weight excluding hydrogens is 649 g/mol.